The van der Waals surface area contributed by atoms with Gasteiger partial charge >= 0.3 is 0 Å². The van der Waals surface area contributed by atoms with Crippen LogP contribution >= 0.6 is 0 Å². The van der Waals surface area contributed by atoms with Gasteiger partial charge in [-0.05, 0) is 48.1 Å². The minimum Gasteiger partial charge on any atom is -0.493 e. The first-order chi connectivity index (χ1) is 14.7. The third-order valence-electron chi connectivity index (χ3n) is 6.74. The summed E-state index contributed by atoms with van der Waals surface area (Å²) < 4.78 is 5.77. The summed E-state index contributed by atoms with van der Waals surface area (Å²) in [4.78, 5) is 14.4. The summed E-state index contributed by atoms with van der Waals surface area (Å²) in [5.41, 5.74) is 4.99. The Labute approximate surface area is 179 Å². The summed E-state index contributed by atoms with van der Waals surface area (Å²) in [5, 5.41) is 0. The third-order valence-corrected chi connectivity index (χ3v) is 6.74. The van der Waals surface area contributed by atoms with Crippen molar-refractivity contribution >= 4 is 17.7 Å². The molecule has 3 aliphatic heterocycles. The smallest absolute Gasteiger partial charge is 0.130 e. The molecule has 0 radical (unpaired) electrons. The van der Waals surface area contributed by atoms with Gasteiger partial charge in [-0.2, -0.15) is 0 Å². The lowest BCUT2D eigenvalue weighted by Crippen LogP contribution is -2.47. The largest absolute Gasteiger partial charge is 0.493 e. The maximum absolute atomic E-state index is 5.77. The van der Waals surface area contributed by atoms with Crippen LogP contribution in [0.25, 0.3) is 0 Å². The van der Waals surface area contributed by atoms with Gasteiger partial charge in [0.05, 0.1) is 12.3 Å². The molecule has 1 aromatic carbocycles. The first-order valence-electron chi connectivity index (χ1n) is 11.1. The zero-order chi connectivity index (χ0) is 20.5. The molecule has 2 aromatic rings. The maximum atomic E-state index is 5.77. The predicted octanol–water partition coefficient (Wildman–Crippen LogP) is 4.67. The van der Waals surface area contributed by atoms with Crippen molar-refractivity contribution in [1.82, 2.24) is 9.88 Å². The molecule has 1 aromatic heterocycles. The lowest BCUT2D eigenvalue weighted by Gasteiger charge is -2.39. The number of ether oxygens (including phenoxy) is 1. The number of anilines is 1. The molecular weight excluding hydrogens is 372 g/mol. The first kappa shape index (κ1) is 19.3. The molecule has 0 saturated carbocycles. The van der Waals surface area contributed by atoms with E-state index in [-0.39, 0.29) is 0 Å². The number of nitrogens with zero attached hydrogens (tertiary/aromatic N) is 4. The van der Waals surface area contributed by atoms with Gasteiger partial charge in [0.1, 0.15) is 11.6 Å². The zero-order valence-corrected chi connectivity index (χ0v) is 17.9. The van der Waals surface area contributed by atoms with Crippen LogP contribution in [0.3, 0.4) is 0 Å². The Hall–Kier alpha value is -2.66. The van der Waals surface area contributed by atoms with E-state index in [1.165, 1.54) is 16.7 Å². The predicted molar refractivity (Wildman–Crippen MR) is 122 cm³/mol. The van der Waals surface area contributed by atoms with E-state index in [4.69, 9.17) is 9.72 Å². The number of allylic oxidation sites excluding steroid dienone is 2. The van der Waals surface area contributed by atoms with Crippen molar-refractivity contribution in [1.29, 1.82) is 0 Å². The van der Waals surface area contributed by atoms with E-state index < -0.39 is 0 Å². The highest BCUT2D eigenvalue weighted by Gasteiger charge is 2.25. The van der Waals surface area contributed by atoms with Crippen LogP contribution in [0, 0.1) is 0 Å². The summed E-state index contributed by atoms with van der Waals surface area (Å²) in [6, 6.07) is 9.31. The minimum absolute atomic E-state index is 0.391. The SMILES string of the molecule is CC1C/C=C/C=N\c2cc(N3CCN(C(C)c4ccc5c(c4)OCC5)CC3)ncc21. The third kappa shape index (κ3) is 3.74. The Morgan fingerprint density at radius 3 is 2.87 bits per heavy atom. The standard InChI is InChI=1S/C25H30N4O/c1-18-5-3-4-9-26-23-16-25(27-17-22(18)23)29-12-10-28(11-13-29)19(2)21-7-6-20-8-14-30-24(20)15-21/h3-4,6-7,9,15-19H,5,8,10-14H2,1-2H3/b4-3+,26-9-. The van der Waals surface area contributed by atoms with E-state index in [1.807, 2.05) is 18.5 Å². The molecule has 1 saturated heterocycles. The van der Waals surface area contributed by atoms with Gasteiger partial charge in [-0.3, -0.25) is 9.89 Å². The van der Waals surface area contributed by atoms with Gasteiger partial charge < -0.3 is 9.64 Å². The highest BCUT2D eigenvalue weighted by molar-refractivity contribution is 5.76. The van der Waals surface area contributed by atoms with Gasteiger partial charge in [-0.1, -0.05) is 25.1 Å². The molecule has 5 nitrogen and oxygen atoms in total. The van der Waals surface area contributed by atoms with Gasteiger partial charge in [-0.15, -0.1) is 0 Å². The quantitative estimate of drug-likeness (QED) is 0.748. The van der Waals surface area contributed by atoms with Crippen molar-refractivity contribution < 1.29 is 4.74 Å². The summed E-state index contributed by atoms with van der Waals surface area (Å²) in [6.07, 6.45) is 10.2. The second-order valence-corrected chi connectivity index (χ2v) is 8.61. The molecule has 0 spiro atoms. The monoisotopic (exact) mass is 402 g/mol. The Kier molecular flexibility index (Phi) is 5.30. The number of hydrogen-bond donors (Lipinski definition) is 0. The van der Waals surface area contributed by atoms with Crippen LogP contribution in [-0.4, -0.2) is 48.9 Å². The molecule has 4 heterocycles. The normalized spacial score (nSPS) is 24.2. The molecule has 0 amide bonds. The van der Waals surface area contributed by atoms with E-state index in [9.17, 15) is 0 Å². The fourth-order valence-electron chi connectivity index (χ4n) is 4.69. The maximum Gasteiger partial charge on any atom is 0.130 e. The molecular formula is C25H30N4O. The number of rotatable bonds is 3. The van der Waals surface area contributed by atoms with Crippen LogP contribution < -0.4 is 9.64 Å². The molecule has 2 unspecified atom stereocenters. The second kappa shape index (κ2) is 8.23. The Morgan fingerprint density at radius 1 is 1.13 bits per heavy atom. The second-order valence-electron chi connectivity index (χ2n) is 8.61. The highest BCUT2D eigenvalue weighted by atomic mass is 16.5. The van der Waals surface area contributed by atoms with E-state index in [0.29, 0.717) is 12.0 Å². The van der Waals surface area contributed by atoms with E-state index >= 15 is 0 Å². The number of fused-ring (bicyclic) bond motifs is 2. The molecule has 5 heteroatoms. The lowest BCUT2D eigenvalue weighted by molar-refractivity contribution is 0.198. The number of piperazine rings is 1. The summed E-state index contributed by atoms with van der Waals surface area (Å²) in [6.45, 7) is 9.39. The van der Waals surface area contributed by atoms with Gasteiger partial charge in [0, 0.05) is 57.1 Å². The van der Waals surface area contributed by atoms with E-state index in [1.54, 1.807) is 0 Å². The number of aliphatic imine (C=N–C) groups is 1. The fourth-order valence-corrected chi connectivity index (χ4v) is 4.69. The molecule has 2 atom stereocenters. The first-order valence-corrected chi connectivity index (χ1v) is 11.1. The van der Waals surface area contributed by atoms with Crippen LogP contribution in [0.2, 0.25) is 0 Å². The molecule has 0 N–H and O–H groups in total. The van der Waals surface area contributed by atoms with E-state index in [2.05, 4.69) is 59.0 Å². The van der Waals surface area contributed by atoms with Crippen molar-refractivity contribution in [3.63, 3.8) is 0 Å². The van der Waals surface area contributed by atoms with Crippen molar-refractivity contribution in [3.8, 4) is 5.75 Å². The van der Waals surface area contributed by atoms with Crippen molar-refractivity contribution in [3.05, 3.63) is 59.3 Å². The minimum atomic E-state index is 0.391. The van der Waals surface area contributed by atoms with Crippen LogP contribution in [0.4, 0.5) is 11.5 Å². The summed E-state index contributed by atoms with van der Waals surface area (Å²) >= 11 is 0. The number of pyridine rings is 1. The van der Waals surface area contributed by atoms with Gasteiger partial charge in [0.2, 0.25) is 0 Å². The van der Waals surface area contributed by atoms with Gasteiger partial charge in [0.25, 0.3) is 0 Å². The van der Waals surface area contributed by atoms with Crippen molar-refractivity contribution in [2.75, 3.05) is 37.7 Å². The molecule has 1 fully saturated rings. The Bertz CT molecular complexity index is 975. The number of hydrogen-bond acceptors (Lipinski definition) is 5. The molecule has 3 aliphatic rings. The average molecular weight is 403 g/mol. The molecule has 156 valence electrons. The summed E-state index contributed by atoms with van der Waals surface area (Å²) in [7, 11) is 0. The average Bonchev–Trinajstić information content (AvgIpc) is 3.25. The van der Waals surface area contributed by atoms with Crippen LogP contribution in [-0.2, 0) is 6.42 Å². The molecule has 5 rings (SSSR count). The Morgan fingerprint density at radius 2 is 2.00 bits per heavy atom. The molecule has 0 aliphatic carbocycles. The highest BCUT2D eigenvalue weighted by Crippen LogP contribution is 2.34. The van der Waals surface area contributed by atoms with Gasteiger partial charge in [0.15, 0.2) is 0 Å². The van der Waals surface area contributed by atoms with Crippen LogP contribution in [0.1, 0.15) is 48.9 Å². The van der Waals surface area contributed by atoms with Crippen molar-refractivity contribution in [2.45, 2.75) is 38.6 Å². The van der Waals surface area contributed by atoms with E-state index in [0.717, 1.165) is 62.9 Å². The lowest BCUT2D eigenvalue weighted by atomic mass is 9.97. The Balaban J connectivity index is 1.27. The van der Waals surface area contributed by atoms with Gasteiger partial charge in [-0.25, -0.2) is 4.98 Å². The summed E-state index contributed by atoms with van der Waals surface area (Å²) in [5.74, 6) is 2.57. The number of aromatic nitrogens is 1. The fraction of sp³-hybridized carbons (Fsp3) is 0.440. The van der Waals surface area contributed by atoms with Crippen molar-refractivity contribution in [2.24, 2.45) is 4.99 Å². The topological polar surface area (TPSA) is 41.0 Å². The molecule has 0 bridgehead atoms. The van der Waals surface area contributed by atoms with Crippen LogP contribution in [0.15, 0.2) is 47.6 Å². The zero-order valence-electron chi connectivity index (χ0n) is 17.9. The van der Waals surface area contributed by atoms with Crippen LogP contribution in [0.5, 0.6) is 5.75 Å². The molecule has 30 heavy (non-hydrogen) atoms. The number of benzene rings is 1.